The lowest BCUT2D eigenvalue weighted by Gasteiger charge is -2.40. The number of aromatic nitrogens is 1. The number of likely N-dealkylation sites (tertiary alicyclic amines) is 1. The minimum absolute atomic E-state index is 0.00502. The topological polar surface area (TPSA) is 45.2 Å². The van der Waals surface area contributed by atoms with Crippen LogP contribution in [0.25, 0.3) is 10.9 Å². The van der Waals surface area contributed by atoms with Crippen molar-refractivity contribution in [2.45, 2.75) is 38.5 Å². The molecule has 0 atom stereocenters. The molecule has 184 valence electrons. The summed E-state index contributed by atoms with van der Waals surface area (Å²) in [5.41, 5.74) is 6.40. The Morgan fingerprint density at radius 2 is 1.78 bits per heavy atom. The number of nitrogens with one attached hydrogen (secondary N) is 1. The number of benzene rings is 3. The standard InChI is InChI=1S/C31H32ClN3O/c1-22-8-13-27(28(32)21-22)31(2)15-19-35(20-16-31)30(36)25-9-11-26(12-10-25)33-18-14-24-6-3-5-23-7-4-17-34-29(23)24/h3-13,17,21,33H,14-16,18-20H2,1-2H3. The van der Waals surface area contributed by atoms with Gasteiger partial charge in [-0.25, -0.2) is 0 Å². The number of piperidine rings is 1. The van der Waals surface area contributed by atoms with E-state index in [0.717, 1.165) is 66.1 Å². The first-order chi connectivity index (χ1) is 17.4. The summed E-state index contributed by atoms with van der Waals surface area (Å²) in [6.07, 6.45) is 4.54. The van der Waals surface area contributed by atoms with E-state index in [2.05, 4.69) is 60.5 Å². The van der Waals surface area contributed by atoms with Gasteiger partial charge in [0.25, 0.3) is 5.91 Å². The number of amides is 1. The first-order valence-electron chi connectivity index (χ1n) is 12.7. The highest BCUT2D eigenvalue weighted by Gasteiger charge is 2.35. The molecule has 1 saturated heterocycles. The average Bonchev–Trinajstić information content (AvgIpc) is 2.89. The van der Waals surface area contributed by atoms with Crippen molar-refractivity contribution in [3.05, 3.63) is 106 Å². The Kier molecular flexibility index (Phi) is 6.97. The van der Waals surface area contributed by atoms with Crippen molar-refractivity contribution in [3.8, 4) is 0 Å². The molecule has 0 radical (unpaired) electrons. The van der Waals surface area contributed by atoms with Crippen LogP contribution in [0.15, 0.2) is 79.0 Å². The molecule has 36 heavy (non-hydrogen) atoms. The third-order valence-corrected chi connectivity index (χ3v) is 7.81. The van der Waals surface area contributed by atoms with Gasteiger partial charge >= 0.3 is 0 Å². The van der Waals surface area contributed by atoms with Gasteiger partial charge in [-0.15, -0.1) is 0 Å². The third-order valence-electron chi connectivity index (χ3n) is 7.50. The van der Waals surface area contributed by atoms with Crippen LogP contribution in [0.5, 0.6) is 0 Å². The van der Waals surface area contributed by atoms with Crippen LogP contribution in [0.3, 0.4) is 0 Å². The summed E-state index contributed by atoms with van der Waals surface area (Å²) in [6, 6.07) is 24.5. The van der Waals surface area contributed by atoms with Crippen molar-refractivity contribution in [2.24, 2.45) is 0 Å². The van der Waals surface area contributed by atoms with E-state index in [4.69, 9.17) is 11.6 Å². The van der Waals surface area contributed by atoms with Crippen molar-refractivity contribution in [1.29, 1.82) is 0 Å². The number of anilines is 1. The van der Waals surface area contributed by atoms with E-state index in [0.29, 0.717) is 0 Å². The number of aryl methyl sites for hydroxylation is 1. The van der Waals surface area contributed by atoms with E-state index < -0.39 is 0 Å². The summed E-state index contributed by atoms with van der Waals surface area (Å²) in [4.78, 5) is 19.7. The highest BCUT2D eigenvalue weighted by atomic mass is 35.5. The summed E-state index contributed by atoms with van der Waals surface area (Å²) >= 11 is 6.57. The Hall–Kier alpha value is -3.37. The molecule has 2 heterocycles. The maximum Gasteiger partial charge on any atom is 0.253 e. The van der Waals surface area contributed by atoms with Gasteiger partial charge in [0.15, 0.2) is 0 Å². The summed E-state index contributed by atoms with van der Waals surface area (Å²) in [5, 5.41) is 5.47. The molecule has 0 aliphatic carbocycles. The maximum atomic E-state index is 13.2. The minimum atomic E-state index is -0.00502. The molecule has 3 aromatic carbocycles. The predicted molar refractivity (Wildman–Crippen MR) is 149 cm³/mol. The lowest BCUT2D eigenvalue weighted by molar-refractivity contribution is 0.0676. The number of halogens is 1. The van der Waals surface area contributed by atoms with E-state index in [-0.39, 0.29) is 11.3 Å². The molecule has 4 aromatic rings. The first kappa shape index (κ1) is 24.3. The number of para-hydroxylation sites is 1. The van der Waals surface area contributed by atoms with E-state index in [9.17, 15) is 4.79 Å². The maximum absolute atomic E-state index is 13.2. The van der Waals surface area contributed by atoms with Crippen molar-refractivity contribution >= 4 is 34.1 Å². The first-order valence-corrected chi connectivity index (χ1v) is 13.0. The van der Waals surface area contributed by atoms with Crippen LogP contribution in [-0.2, 0) is 11.8 Å². The van der Waals surface area contributed by atoms with Crippen molar-refractivity contribution in [2.75, 3.05) is 25.0 Å². The number of pyridine rings is 1. The van der Waals surface area contributed by atoms with E-state index >= 15 is 0 Å². The van der Waals surface area contributed by atoms with Crippen LogP contribution in [-0.4, -0.2) is 35.4 Å². The average molecular weight is 498 g/mol. The van der Waals surface area contributed by atoms with E-state index in [1.807, 2.05) is 47.5 Å². The molecule has 1 aliphatic rings. The van der Waals surface area contributed by atoms with Crippen LogP contribution in [0.4, 0.5) is 5.69 Å². The molecule has 5 heteroatoms. The molecule has 5 rings (SSSR count). The third kappa shape index (κ3) is 5.10. The van der Waals surface area contributed by atoms with Crippen molar-refractivity contribution in [1.82, 2.24) is 9.88 Å². The summed E-state index contributed by atoms with van der Waals surface area (Å²) in [7, 11) is 0. The molecular formula is C31H32ClN3O. The highest BCUT2D eigenvalue weighted by molar-refractivity contribution is 6.31. The fourth-order valence-electron chi connectivity index (χ4n) is 5.21. The van der Waals surface area contributed by atoms with Crippen LogP contribution < -0.4 is 5.32 Å². The fourth-order valence-corrected chi connectivity index (χ4v) is 5.67. The largest absolute Gasteiger partial charge is 0.385 e. The molecule has 0 bridgehead atoms. The van der Waals surface area contributed by atoms with Crippen LogP contribution in [0.1, 0.15) is 46.8 Å². The molecule has 1 aliphatic heterocycles. The normalized spacial score (nSPS) is 15.1. The monoisotopic (exact) mass is 497 g/mol. The second kappa shape index (κ2) is 10.3. The van der Waals surface area contributed by atoms with E-state index in [1.54, 1.807) is 0 Å². The minimum Gasteiger partial charge on any atom is -0.385 e. The Labute approximate surface area is 218 Å². The number of fused-ring (bicyclic) bond motifs is 1. The molecular weight excluding hydrogens is 466 g/mol. The van der Waals surface area contributed by atoms with Crippen LogP contribution in [0, 0.1) is 6.92 Å². The molecule has 4 nitrogen and oxygen atoms in total. The molecule has 1 fully saturated rings. The van der Waals surface area contributed by atoms with Gasteiger partial charge < -0.3 is 10.2 Å². The van der Waals surface area contributed by atoms with Crippen molar-refractivity contribution in [3.63, 3.8) is 0 Å². The number of rotatable bonds is 6. The van der Waals surface area contributed by atoms with Gasteiger partial charge in [0.05, 0.1) is 5.52 Å². The summed E-state index contributed by atoms with van der Waals surface area (Å²) < 4.78 is 0. The van der Waals surface area contributed by atoms with Gasteiger partial charge in [0, 0.05) is 47.5 Å². The highest BCUT2D eigenvalue weighted by Crippen LogP contribution is 2.39. The second-order valence-electron chi connectivity index (χ2n) is 10.1. The van der Waals surface area contributed by atoms with Gasteiger partial charge in [-0.05, 0) is 84.7 Å². The Morgan fingerprint density at radius 3 is 2.53 bits per heavy atom. The molecule has 1 aromatic heterocycles. The number of carbonyl (C=O) groups excluding carboxylic acids is 1. The van der Waals surface area contributed by atoms with E-state index in [1.165, 1.54) is 16.7 Å². The Morgan fingerprint density at radius 1 is 1.03 bits per heavy atom. The zero-order valence-corrected chi connectivity index (χ0v) is 21.7. The number of hydrogen-bond acceptors (Lipinski definition) is 3. The predicted octanol–water partition coefficient (Wildman–Crippen LogP) is 7.05. The van der Waals surface area contributed by atoms with Gasteiger partial charge in [0.1, 0.15) is 0 Å². The lowest BCUT2D eigenvalue weighted by atomic mass is 9.74. The van der Waals surface area contributed by atoms with Crippen molar-refractivity contribution < 1.29 is 4.79 Å². The van der Waals surface area contributed by atoms with Gasteiger partial charge in [-0.3, -0.25) is 9.78 Å². The number of hydrogen-bond donors (Lipinski definition) is 1. The summed E-state index contributed by atoms with van der Waals surface area (Å²) in [5.74, 6) is 0.0976. The summed E-state index contributed by atoms with van der Waals surface area (Å²) in [6.45, 7) is 6.59. The Bertz CT molecular complexity index is 1370. The number of nitrogens with zero attached hydrogens (tertiary/aromatic N) is 2. The van der Waals surface area contributed by atoms with Gasteiger partial charge in [-0.1, -0.05) is 54.9 Å². The molecule has 0 saturated carbocycles. The Balaban J connectivity index is 1.16. The molecule has 1 N–H and O–H groups in total. The van der Waals surface area contributed by atoms with Gasteiger partial charge in [-0.2, -0.15) is 0 Å². The van der Waals surface area contributed by atoms with Crippen LogP contribution in [0.2, 0.25) is 5.02 Å². The number of carbonyl (C=O) groups is 1. The smallest absolute Gasteiger partial charge is 0.253 e. The molecule has 0 spiro atoms. The molecule has 1 amide bonds. The zero-order valence-electron chi connectivity index (χ0n) is 20.9. The second-order valence-corrected chi connectivity index (χ2v) is 10.5. The fraction of sp³-hybridized carbons (Fsp3) is 0.290. The van der Waals surface area contributed by atoms with Gasteiger partial charge in [0.2, 0.25) is 0 Å². The molecule has 0 unspecified atom stereocenters. The van der Waals surface area contributed by atoms with Crippen LogP contribution >= 0.6 is 11.6 Å². The lowest BCUT2D eigenvalue weighted by Crippen LogP contribution is -2.44. The SMILES string of the molecule is Cc1ccc(C2(C)CCN(C(=O)c3ccc(NCCc4cccc5cccnc45)cc3)CC2)c(Cl)c1. The zero-order chi connectivity index (χ0) is 25.1. The quantitative estimate of drug-likeness (QED) is 0.310.